The van der Waals surface area contributed by atoms with Crippen molar-refractivity contribution in [1.82, 2.24) is 4.98 Å². The molecule has 0 fully saturated rings. The minimum Gasteiger partial charge on any atom is -1.00 e. The summed E-state index contributed by atoms with van der Waals surface area (Å²) in [5.74, 6) is 0. The van der Waals surface area contributed by atoms with Crippen LogP contribution in [0.2, 0.25) is 0 Å². The molecule has 66 valence electrons. The summed E-state index contributed by atoms with van der Waals surface area (Å²) >= 11 is 1.71. The van der Waals surface area contributed by atoms with Gasteiger partial charge in [0.25, 0.3) is 0 Å². The maximum atomic E-state index is 4.23. The Kier molecular flexibility index (Phi) is 6.33. The molecule has 0 aliphatic rings. The Morgan fingerprint density at radius 1 is 1.15 bits per heavy atom. The first-order valence-electron chi connectivity index (χ1n) is 3.42. The van der Waals surface area contributed by atoms with Gasteiger partial charge in [-0.25, -0.2) is 0 Å². The SMILES string of the molecule is Cl.[H-].[H-].[Mg+2].c1ccc(-c2cccs2)nc1. The molecule has 0 unspecified atom stereocenters. The van der Waals surface area contributed by atoms with Crippen molar-refractivity contribution in [2.75, 3.05) is 0 Å². The molecular weight excluding hydrogens is 214 g/mol. The number of rotatable bonds is 1. The zero-order valence-corrected chi connectivity index (χ0v) is 10.1. The molecule has 13 heavy (non-hydrogen) atoms. The number of nitrogens with zero attached hydrogens (tertiary/aromatic N) is 1. The summed E-state index contributed by atoms with van der Waals surface area (Å²) in [6.45, 7) is 0. The van der Waals surface area contributed by atoms with Crippen LogP contribution in [0.25, 0.3) is 10.6 Å². The standard InChI is InChI=1S/C9H7NS.ClH.Mg.2H/c1-2-6-10-8(4-1)9-5-3-7-11-9;;;;/h1-7H;1H;;;/q;;+2;2*-1. The average Bonchev–Trinajstić information content (AvgIpc) is 2.58. The Morgan fingerprint density at radius 2 is 2.00 bits per heavy atom. The molecule has 0 aliphatic heterocycles. The van der Waals surface area contributed by atoms with Gasteiger partial charge < -0.3 is 2.85 Å². The summed E-state index contributed by atoms with van der Waals surface area (Å²) in [6, 6.07) is 10.1. The molecule has 1 nitrogen and oxygen atoms in total. The second kappa shape index (κ2) is 6.37. The summed E-state index contributed by atoms with van der Waals surface area (Å²) in [4.78, 5) is 5.46. The van der Waals surface area contributed by atoms with Gasteiger partial charge in [0.05, 0.1) is 10.6 Å². The van der Waals surface area contributed by atoms with Crippen LogP contribution in [0.5, 0.6) is 0 Å². The molecule has 2 aromatic heterocycles. The van der Waals surface area contributed by atoms with E-state index in [9.17, 15) is 0 Å². The predicted octanol–water partition coefficient (Wildman–Crippen LogP) is 3.08. The summed E-state index contributed by atoms with van der Waals surface area (Å²) < 4.78 is 0. The van der Waals surface area contributed by atoms with Crippen LogP contribution in [-0.4, -0.2) is 28.0 Å². The Labute approximate surface area is 107 Å². The quantitative estimate of drug-likeness (QED) is 0.678. The fourth-order valence-corrected chi connectivity index (χ4v) is 1.64. The van der Waals surface area contributed by atoms with Crippen LogP contribution >= 0.6 is 23.7 Å². The van der Waals surface area contributed by atoms with E-state index in [2.05, 4.69) is 16.4 Å². The van der Waals surface area contributed by atoms with Gasteiger partial charge in [-0.1, -0.05) is 12.1 Å². The van der Waals surface area contributed by atoms with Crippen LogP contribution < -0.4 is 0 Å². The number of hydrogen-bond acceptors (Lipinski definition) is 2. The molecule has 0 saturated heterocycles. The van der Waals surface area contributed by atoms with Gasteiger partial charge in [0.15, 0.2) is 0 Å². The number of thiophene rings is 1. The summed E-state index contributed by atoms with van der Waals surface area (Å²) in [5, 5.41) is 2.06. The fraction of sp³-hybridized carbons (Fsp3) is 0. The van der Waals surface area contributed by atoms with Crippen LogP contribution in [0.4, 0.5) is 0 Å². The van der Waals surface area contributed by atoms with E-state index in [1.54, 1.807) is 11.3 Å². The Balaban J connectivity index is -0.000000360. The maximum Gasteiger partial charge on any atom is 2.00 e. The van der Waals surface area contributed by atoms with Crippen molar-refractivity contribution < 1.29 is 2.85 Å². The van der Waals surface area contributed by atoms with E-state index in [0.717, 1.165) is 5.69 Å². The molecule has 0 radical (unpaired) electrons. The van der Waals surface area contributed by atoms with E-state index < -0.39 is 0 Å². The smallest absolute Gasteiger partial charge is 1.00 e. The van der Waals surface area contributed by atoms with Gasteiger partial charge in [-0.05, 0) is 23.6 Å². The van der Waals surface area contributed by atoms with Gasteiger partial charge in [0.2, 0.25) is 0 Å². The van der Waals surface area contributed by atoms with Crippen LogP contribution in [0.3, 0.4) is 0 Å². The summed E-state index contributed by atoms with van der Waals surface area (Å²) in [7, 11) is 0. The van der Waals surface area contributed by atoms with Crippen molar-refractivity contribution in [3.05, 3.63) is 41.9 Å². The van der Waals surface area contributed by atoms with Crippen molar-refractivity contribution in [2.24, 2.45) is 0 Å². The van der Waals surface area contributed by atoms with Crippen LogP contribution in [0, 0.1) is 0 Å². The molecule has 0 saturated carbocycles. The monoisotopic (exact) mass is 223 g/mol. The predicted molar refractivity (Wildman–Crippen MR) is 62.8 cm³/mol. The van der Waals surface area contributed by atoms with Crippen molar-refractivity contribution in [3.8, 4) is 10.6 Å². The molecule has 0 bridgehead atoms. The topological polar surface area (TPSA) is 12.9 Å². The van der Waals surface area contributed by atoms with Crippen molar-refractivity contribution in [2.45, 2.75) is 0 Å². The number of pyridine rings is 1. The van der Waals surface area contributed by atoms with Gasteiger partial charge in [0, 0.05) is 6.20 Å². The van der Waals surface area contributed by atoms with Gasteiger partial charge in [0.1, 0.15) is 0 Å². The maximum absolute atomic E-state index is 4.23. The Morgan fingerprint density at radius 3 is 2.54 bits per heavy atom. The third-order valence-electron chi connectivity index (χ3n) is 1.44. The molecule has 0 amide bonds. The van der Waals surface area contributed by atoms with Gasteiger partial charge in [-0.2, -0.15) is 0 Å². The third-order valence-corrected chi connectivity index (χ3v) is 2.33. The first-order valence-corrected chi connectivity index (χ1v) is 4.30. The molecule has 0 atom stereocenters. The summed E-state index contributed by atoms with van der Waals surface area (Å²) in [5.41, 5.74) is 1.06. The molecule has 0 N–H and O–H groups in total. The number of halogens is 1. The average molecular weight is 224 g/mol. The first kappa shape index (κ1) is 12.9. The minimum absolute atomic E-state index is 0. The van der Waals surface area contributed by atoms with Crippen LogP contribution in [0.15, 0.2) is 41.9 Å². The third kappa shape index (κ3) is 3.27. The summed E-state index contributed by atoms with van der Waals surface area (Å²) in [6.07, 6.45) is 1.81. The minimum atomic E-state index is 0. The molecule has 2 rings (SSSR count). The second-order valence-electron chi connectivity index (χ2n) is 2.19. The second-order valence-corrected chi connectivity index (χ2v) is 3.14. The molecule has 2 aromatic rings. The Bertz CT molecular complexity index is 331. The number of hydrogen-bond donors (Lipinski definition) is 0. The largest absolute Gasteiger partial charge is 2.00 e. The van der Waals surface area contributed by atoms with Crippen molar-refractivity contribution in [1.29, 1.82) is 0 Å². The van der Waals surface area contributed by atoms with Crippen molar-refractivity contribution in [3.63, 3.8) is 0 Å². The van der Waals surface area contributed by atoms with E-state index in [-0.39, 0.29) is 38.3 Å². The van der Waals surface area contributed by atoms with E-state index in [4.69, 9.17) is 0 Å². The molecule has 4 heteroatoms. The molecule has 0 aliphatic carbocycles. The van der Waals surface area contributed by atoms with E-state index >= 15 is 0 Å². The zero-order chi connectivity index (χ0) is 7.52. The van der Waals surface area contributed by atoms with Crippen LogP contribution in [0.1, 0.15) is 2.85 Å². The zero-order valence-electron chi connectivity index (χ0n) is 9.01. The molecule has 2 heterocycles. The molecule has 0 aromatic carbocycles. The first-order chi connectivity index (χ1) is 5.47. The van der Waals surface area contributed by atoms with Crippen LogP contribution in [-0.2, 0) is 0 Å². The molecular formula is C9H10ClMgNS. The molecule has 0 spiro atoms. The van der Waals surface area contributed by atoms with E-state index in [1.165, 1.54) is 4.88 Å². The van der Waals surface area contributed by atoms with Crippen molar-refractivity contribution >= 4 is 46.8 Å². The normalized spacial score (nSPS) is 8.31. The fourth-order valence-electron chi connectivity index (χ4n) is 0.933. The van der Waals surface area contributed by atoms with E-state index in [0.29, 0.717) is 0 Å². The Hall–Kier alpha value is -0.0938. The van der Waals surface area contributed by atoms with E-state index in [1.807, 2.05) is 30.5 Å². The van der Waals surface area contributed by atoms with Gasteiger partial charge in [-0.15, -0.1) is 23.7 Å². The van der Waals surface area contributed by atoms with Gasteiger partial charge >= 0.3 is 23.1 Å². The van der Waals surface area contributed by atoms with Gasteiger partial charge in [-0.3, -0.25) is 4.98 Å². The number of aromatic nitrogens is 1.